The molecule has 0 aliphatic carbocycles. The molecule has 2 aromatic rings. The molecule has 172 valence electrons. The van der Waals surface area contributed by atoms with Crippen LogP contribution in [0.4, 0.5) is 0 Å². The van der Waals surface area contributed by atoms with Crippen LogP contribution in [-0.4, -0.2) is 61.9 Å². The van der Waals surface area contributed by atoms with Gasteiger partial charge >= 0.3 is 10.2 Å². The number of rotatable bonds is 8. The van der Waals surface area contributed by atoms with Crippen molar-refractivity contribution in [3.05, 3.63) is 53.0 Å². The molecule has 0 saturated heterocycles. The fraction of sp³-hybridized carbons (Fsp3) is 0.381. The Balaban J connectivity index is 1.77. The number of allylic oxidation sites excluding steroid dienone is 1. The van der Waals surface area contributed by atoms with Crippen LogP contribution >= 0.6 is 0 Å². The number of carbonyl (C=O) groups excluding carboxylic acids is 1. The lowest BCUT2D eigenvalue weighted by atomic mass is 10.1. The van der Waals surface area contributed by atoms with Crippen molar-refractivity contribution in [1.82, 2.24) is 19.4 Å². The molecule has 0 radical (unpaired) electrons. The fourth-order valence-corrected chi connectivity index (χ4v) is 4.26. The first-order valence-corrected chi connectivity index (χ1v) is 11.4. The number of amides is 1. The van der Waals surface area contributed by atoms with Crippen LogP contribution in [0.2, 0.25) is 0 Å². The van der Waals surface area contributed by atoms with Crippen LogP contribution in [0.3, 0.4) is 0 Å². The highest BCUT2D eigenvalue weighted by molar-refractivity contribution is 7.88. The van der Waals surface area contributed by atoms with Gasteiger partial charge in [-0.2, -0.15) is 13.5 Å². The molecule has 32 heavy (non-hydrogen) atoms. The van der Waals surface area contributed by atoms with E-state index in [1.54, 1.807) is 31.2 Å². The van der Waals surface area contributed by atoms with Crippen molar-refractivity contribution < 1.29 is 22.7 Å². The molecule has 1 aromatic heterocycles. The summed E-state index contributed by atoms with van der Waals surface area (Å²) in [5, 5.41) is 7.01. The third-order valence-corrected chi connectivity index (χ3v) is 6.55. The zero-order valence-corrected chi connectivity index (χ0v) is 19.6. The highest BCUT2D eigenvalue weighted by Crippen LogP contribution is 2.27. The van der Waals surface area contributed by atoms with Crippen molar-refractivity contribution in [3.8, 4) is 11.5 Å². The number of hydrogen-bond acceptors (Lipinski definition) is 6. The molecule has 0 atom stereocenters. The van der Waals surface area contributed by atoms with Crippen LogP contribution < -0.4 is 14.8 Å². The van der Waals surface area contributed by atoms with Crippen molar-refractivity contribution in [2.24, 2.45) is 4.40 Å². The third-order valence-electron chi connectivity index (χ3n) is 5.23. The molecule has 11 heteroatoms. The number of nitrogens with one attached hydrogen (secondary N) is 1. The van der Waals surface area contributed by atoms with E-state index in [1.807, 2.05) is 26.0 Å². The van der Waals surface area contributed by atoms with E-state index in [1.165, 1.54) is 13.1 Å². The number of likely N-dealkylation sites (N-methyl/N-ethyl adjacent to an activating group) is 1. The highest BCUT2D eigenvalue weighted by atomic mass is 32.2. The van der Waals surface area contributed by atoms with Crippen molar-refractivity contribution in [2.75, 3.05) is 27.8 Å². The monoisotopic (exact) mass is 461 g/mol. The van der Waals surface area contributed by atoms with Crippen LogP contribution in [0.15, 0.2) is 40.6 Å². The van der Waals surface area contributed by atoms with E-state index >= 15 is 0 Å². The topological polar surface area (TPSA) is 115 Å². The number of ether oxygens (including phenoxy) is 2. The Kier molecular flexibility index (Phi) is 6.87. The quantitative estimate of drug-likeness (QED) is 0.636. The Morgan fingerprint density at radius 3 is 2.53 bits per heavy atom. The van der Waals surface area contributed by atoms with Crippen molar-refractivity contribution in [1.29, 1.82) is 0 Å². The molecule has 1 aliphatic rings. The maximum Gasteiger partial charge on any atom is 0.345 e. The summed E-state index contributed by atoms with van der Waals surface area (Å²) >= 11 is 0. The number of hydrogen-bond donors (Lipinski definition) is 1. The van der Waals surface area contributed by atoms with Crippen molar-refractivity contribution in [3.63, 3.8) is 0 Å². The summed E-state index contributed by atoms with van der Waals surface area (Å²) in [5.74, 6) is 0.707. The van der Waals surface area contributed by atoms with Crippen LogP contribution in [0.25, 0.3) is 0 Å². The van der Waals surface area contributed by atoms with Crippen LogP contribution in [0, 0.1) is 6.92 Å². The zero-order chi connectivity index (χ0) is 23.5. The Hall–Kier alpha value is -3.34. The molecule has 3 rings (SSSR count). The van der Waals surface area contributed by atoms with Gasteiger partial charge in [0.25, 0.3) is 5.91 Å². The second-order valence-corrected chi connectivity index (χ2v) is 8.73. The predicted octanol–water partition coefficient (Wildman–Crippen LogP) is 1.45. The van der Waals surface area contributed by atoms with E-state index in [2.05, 4.69) is 14.8 Å². The van der Waals surface area contributed by atoms with Gasteiger partial charge in [-0.1, -0.05) is 6.07 Å². The Morgan fingerprint density at radius 1 is 1.19 bits per heavy atom. The number of aromatic nitrogens is 2. The summed E-state index contributed by atoms with van der Waals surface area (Å²) in [4.78, 5) is 12.8. The Labute approximate surface area is 187 Å². The van der Waals surface area contributed by atoms with E-state index in [0.717, 1.165) is 15.6 Å². The van der Waals surface area contributed by atoms with Gasteiger partial charge in [-0.25, -0.2) is 4.31 Å². The van der Waals surface area contributed by atoms with E-state index in [4.69, 9.17) is 9.47 Å². The smallest absolute Gasteiger partial charge is 0.345 e. The van der Waals surface area contributed by atoms with Crippen LogP contribution in [-0.2, 0) is 28.0 Å². The molecule has 0 saturated carbocycles. The van der Waals surface area contributed by atoms with E-state index in [9.17, 15) is 13.2 Å². The molecule has 0 fully saturated rings. The zero-order valence-electron chi connectivity index (χ0n) is 18.7. The lowest BCUT2D eigenvalue weighted by Gasteiger charge is -2.23. The molecular weight excluding hydrogens is 434 g/mol. The molecule has 2 heterocycles. The van der Waals surface area contributed by atoms with Crippen LogP contribution in [0.1, 0.15) is 23.7 Å². The first kappa shape index (κ1) is 23.3. The number of benzene rings is 1. The van der Waals surface area contributed by atoms with Gasteiger partial charge in [-0.3, -0.25) is 9.48 Å². The van der Waals surface area contributed by atoms with E-state index in [-0.39, 0.29) is 11.4 Å². The molecule has 1 amide bonds. The number of carbonyl (C=O) groups is 1. The van der Waals surface area contributed by atoms with Gasteiger partial charge in [0.1, 0.15) is 5.70 Å². The van der Waals surface area contributed by atoms with Crippen LogP contribution in [0.5, 0.6) is 11.5 Å². The highest BCUT2D eigenvalue weighted by Gasteiger charge is 2.30. The molecule has 0 spiro atoms. The van der Waals surface area contributed by atoms with Gasteiger partial charge in [0, 0.05) is 31.4 Å². The average molecular weight is 462 g/mol. The minimum absolute atomic E-state index is 0.00837. The summed E-state index contributed by atoms with van der Waals surface area (Å²) in [6.07, 6.45) is 3.55. The Bertz CT molecular complexity index is 1180. The molecular formula is C21H27N5O5S. The summed E-state index contributed by atoms with van der Waals surface area (Å²) in [7, 11) is 0.385. The minimum Gasteiger partial charge on any atom is -0.493 e. The fourth-order valence-electron chi connectivity index (χ4n) is 3.36. The average Bonchev–Trinajstić information content (AvgIpc) is 3.15. The summed E-state index contributed by atoms with van der Waals surface area (Å²) in [6.45, 7) is 4.71. The molecule has 10 nitrogen and oxygen atoms in total. The number of methoxy groups -OCH3 is 2. The second kappa shape index (κ2) is 9.43. The summed E-state index contributed by atoms with van der Waals surface area (Å²) in [6, 6.07) is 5.50. The first-order chi connectivity index (χ1) is 15.2. The SMILES string of the molecule is CCn1ncc(C2=NS(=O)(=O)N(C)C(C(=O)NCCc3ccc(OC)c(OC)c3)=C2)c1C. The largest absolute Gasteiger partial charge is 0.493 e. The lowest BCUT2D eigenvalue weighted by Crippen LogP contribution is -2.39. The van der Waals surface area contributed by atoms with E-state index in [0.29, 0.717) is 36.6 Å². The molecule has 0 bridgehead atoms. The third kappa shape index (κ3) is 4.62. The standard InChI is InChI=1S/C21H27N5O5S/c1-6-26-14(2)16(13-23-26)17-12-18(25(3)32(28,29)24-17)21(27)22-10-9-15-7-8-19(30-4)20(11-15)31-5/h7-8,11-13H,6,9-10H2,1-5H3,(H,22,27). The molecule has 1 aliphatic heterocycles. The number of nitrogens with zero attached hydrogens (tertiary/aromatic N) is 4. The molecule has 1 aromatic carbocycles. The van der Waals surface area contributed by atoms with E-state index < -0.39 is 16.1 Å². The maximum absolute atomic E-state index is 12.8. The Morgan fingerprint density at radius 2 is 1.91 bits per heavy atom. The number of aryl methyl sites for hydroxylation is 1. The van der Waals surface area contributed by atoms with Gasteiger partial charge in [0.15, 0.2) is 11.5 Å². The lowest BCUT2D eigenvalue weighted by molar-refractivity contribution is -0.118. The van der Waals surface area contributed by atoms with Crippen molar-refractivity contribution >= 4 is 21.8 Å². The minimum atomic E-state index is -4.04. The normalized spacial score (nSPS) is 15.1. The first-order valence-electron chi connectivity index (χ1n) is 10.0. The van der Waals surface area contributed by atoms with Crippen molar-refractivity contribution in [2.45, 2.75) is 26.8 Å². The van der Waals surface area contributed by atoms with Gasteiger partial charge < -0.3 is 14.8 Å². The summed E-state index contributed by atoms with van der Waals surface area (Å²) < 4.78 is 42.1. The molecule has 0 unspecified atom stereocenters. The molecule has 1 N–H and O–H groups in total. The maximum atomic E-state index is 12.8. The predicted molar refractivity (Wildman–Crippen MR) is 120 cm³/mol. The van der Waals surface area contributed by atoms with Gasteiger partial charge in [0.2, 0.25) is 0 Å². The van der Waals surface area contributed by atoms with Gasteiger partial charge in [-0.15, -0.1) is 4.40 Å². The summed E-state index contributed by atoms with van der Waals surface area (Å²) in [5.41, 5.74) is 2.46. The van der Waals surface area contributed by atoms with Gasteiger partial charge in [0.05, 0.1) is 26.1 Å². The second-order valence-electron chi connectivity index (χ2n) is 7.11. The van der Waals surface area contributed by atoms with Gasteiger partial charge in [-0.05, 0) is 44.0 Å².